The first-order valence-corrected chi connectivity index (χ1v) is 6.34. The van der Waals surface area contributed by atoms with Gasteiger partial charge in [0.15, 0.2) is 0 Å². The van der Waals surface area contributed by atoms with Gasteiger partial charge in [-0.05, 0) is 37.0 Å². The first kappa shape index (κ1) is 13.3. The van der Waals surface area contributed by atoms with Crippen molar-refractivity contribution in [1.29, 1.82) is 0 Å². The van der Waals surface area contributed by atoms with E-state index in [0.29, 0.717) is 17.5 Å². The first-order valence-electron chi connectivity index (χ1n) is 5.97. The number of carbonyl (C=O) groups excluding carboxylic acids is 1. The number of nitrogens with two attached hydrogens (primary N) is 1. The number of carbonyl (C=O) groups is 1. The molecule has 1 atom stereocenters. The maximum Gasteiger partial charge on any atom is 0.256 e. The molecule has 2 N–H and O–H groups in total. The third kappa shape index (κ3) is 2.65. The fourth-order valence-corrected chi connectivity index (χ4v) is 2.32. The number of rotatable bonds is 4. The highest BCUT2D eigenvalue weighted by atomic mass is 35.5. The molecule has 2 rings (SSSR count). The van der Waals surface area contributed by atoms with Crippen LogP contribution in [0.5, 0.6) is 0 Å². The van der Waals surface area contributed by atoms with Crippen molar-refractivity contribution in [2.45, 2.75) is 18.9 Å². The van der Waals surface area contributed by atoms with Crippen LogP contribution in [0.3, 0.4) is 0 Å². The van der Waals surface area contributed by atoms with Gasteiger partial charge >= 0.3 is 0 Å². The van der Waals surface area contributed by atoms with E-state index in [1.54, 1.807) is 7.05 Å². The zero-order chi connectivity index (χ0) is 13.3. The van der Waals surface area contributed by atoms with Crippen LogP contribution in [0.1, 0.15) is 23.2 Å². The highest BCUT2D eigenvalue weighted by molar-refractivity contribution is 6.31. The van der Waals surface area contributed by atoms with Gasteiger partial charge in [-0.25, -0.2) is 4.39 Å². The summed E-state index contributed by atoms with van der Waals surface area (Å²) in [6.45, 7) is 0.398. The second-order valence-electron chi connectivity index (χ2n) is 4.68. The van der Waals surface area contributed by atoms with E-state index >= 15 is 0 Å². The molecule has 5 heteroatoms. The van der Waals surface area contributed by atoms with Gasteiger partial charge in [-0.2, -0.15) is 0 Å². The molecule has 0 bridgehead atoms. The SMILES string of the molecule is CN(C(=O)c1cc(Cl)ccc1F)C(CN)C1CC1. The molecule has 1 aliphatic rings. The van der Waals surface area contributed by atoms with E-state index in [-0.39, 0.29) is 17.5 Å². The molecule has 1 aliphatic carbocycles. The minimum absolute atomic E-state index is 0.00380. The molecule has 0 heterocycles. The summed E-state index contributed by atoms with van der Waals surface area (Å²) in [6, 6.07) is 3.97. The molecule has 0 radical (unpaired) electrons. The Morgan fingerprint density at radius 1 is 1.61 bits per heavy atom. The molecule has 1 saturated carbocycles. The van der Waals surface area contributed by atoms with Gasteiger partial charge in [0.05, 0.1) is 5.56 Å². The van der Waals surface area contributed by atoms with Gasteiger partial charge in [-0.15, -0.1) is 0 Å². The van der Waals surface area contributed by atoms with Crippen LogP contribution in [0.2, 0.25) is 5.02 Å². The average molecular weight is 271 g/mol. The number of hydrogen-bond donors (Lipinski definition) is 1. The van der Waals surface area contributed by atoms with E-state index in [1.165, 1.54) is 23.1 Å². The summed E-state index contributed by atoms with van der Waals surface area (Å²) in [6.07, 6.45) is 2.16. The van der Waals surface area contributed by atoms with Crippen molar-refractivity contribution in [3.05, 3.63) is 34.6 Å². The molecule has 0 aromatic heterocycles. The number of nitrogens with zero attached hydrogens (tertiary/aromatic N) is 1. The van der Waals surface area contributed by atoms with Crippen LogP contribution in [0.25, 0.3) is 0 Å². The Kier molecular flexibility index (Phi) is 3.88. The van der Waals surface area contributed by atoms with Crippen LogP contribution in [0, 0.1) is 11.7 Å². The third-order valence-corrected chi connectivity index (χ3v) is 3.62. The summed E-state index contributed by atoms with van der Waals surface area (Å²) >= 11 is 5.79. The molecular weight excluding hydrogens is 255 g/mol. The number of benzene rings is 1. The second kappa shape index (κ2) is 5.24. The Hall–Kier alpha value is -1.13. The molecule has 1 unspecified atom stereocenters. The van der Waals surface area contributed by atoms with E-state index in [0.717, 1.165) is 12.8 Å². The summed E-state index contributed by atoms with van der Waals surface area (Å²) < 4.78 is 13.6. The summed E-state index contributed by atoms with van der Waals surface area (Å²) in [4.78, 5) is 13.8. The predicted molar refractivity (Wildman–Crippen MR) is 69.1 cm³/mol. The standard InChI is InChI=1S/C13H16ClFN2O/c1-17(12(7-16)8-2-3-8)13(18)10-6-9(14)4-5-11(10)15/h4-6,8,12H,2-3,7,16H2,1H3. The minimum atomic E-state index is -0.553. The van der Waals surface area contributed by atoms with Crippen molar-refractivity contribution in [2.75, 3.05) is 13.6 Å². The van der Waals surface area contributed by atoms with Gasteiger partial charge in [0.25, 0.3) is 5.91 Å². The van der Waals surface area contributed by atoms with E-state index in [1.807, 2.05) is 0 Å². The lowest BCUT2D eigenvalue weighted by Gasteiger charge is -2.27. The Balaban J connectivity index is 2.21. The molecule has 3 nitrogen and oxygen atoms in total. The molecule has 98 valence electrons. The third-order valence-electron chi connectivity index (χ3n) is 3.38. The van der Waals surface area contributed by atoms with Crippen molar-refractivity contribution >= 4 is 17.5 Å². The lowest BCUT2D eigenvalue weighted by atomic mass is 10.1. The smallest absolute Gasteiger partial charge is 0.256 e. The lowest BCUT2D eigenvalue weighted by molar-refractivity contribution is 0.0714. The Bertz CT molecular complexity index is 462. The largest absolute Gasteiger partial charge is 0.337 e. The zero-order valence-corrected chi connectivity index (χ0v) is 11.0. The van der Waals surface area contributed by atoms with Crippen molar-refractivity contribution in [2.24, 2.45) is 11.7 Å². The molecule has 0 aliphatic heterocycles. The minimum Gasteiger partial charge on any atom is -0.337 e. The number of amides is 1. The maximum atomic E-state index is 13.6. The van der Waals surface area contributed by atoms with Crippen molar-refractivity contribution in [3.63, 3.8) is 0 Å². The van der Waals surface area contributed by atoms with E-state index in [2.05, 4.69) is 0 Å². The quantitative estimate of drug-likeness (QED) is 0.912. The highest BCUT2D eigenvalue weighted by Crippen LogP contribution is 2.35. The molecule has 18 heavy (non-hydrogen) atoms. The van der Waals surface area contributed by atoms with Gasteiger partial charge in [0.2, 0.25) is 0 Å². The topological polar surface area (TPSA) is 46.3 Å². The van der Waals surface area contributed by atoms with Crippen LogP contribution in [0.4, 0.5) is 4.39 Å². The molecule has 1 amide bonds. The fourth-order valence-electron chi connectivity index (χ4n) is 2.15. The Morgan fingerprint density at radius 3 is 2.83 bits per heavy atom. The first-order chi connectivity index (χ1) is 8.54. The molecule has 0 spiro atoms. The monoisotopic (exact) mass is 270 g/mol. The van der Waals surface area contributed by atoms with Crippen molar-refractivity contribution in [3.8, 4) is 0 Å². The summed E-state index contributed by atoms with van der Waals surface area (Å²) in [7, 11) is 1.67. The van der Waals surface area contributed by atoms with E-state index in [9.17, 15) is 9.18 Å². The van der Waals surface area contributed by atoms with Crippen molar-refractivity contribution in [1.82, 2.24) is 4.90 Å². The van der Waals surface area contributed by atoms with Gasteiger partial charge in [0.1, 0.15) is 5.82 Å². The maximum absolute atomic E-state index is 13.6. The molecular formula is C13H16ClFN2O. The molecule has 1 aromatic rings. The highest BCUT2D eigenvalue weighted by Gasteiger charge is 2.35. The molecule has 1 aromatic carbocycles. The predicted octanol–water partition coefficient (Wildman–Crippen LogP) is 2.29. The Labute approximate surface area is 111 Å². The van der Waals surface area contributed by atoms with Crippen LogP contribution in [0.15, 0.2) is 18.2 Å². The number of hydrogen-bond acceptors (Lipinski definition) is 2. The number of halogens is 2. The van der Waals surface area contributed by atoms with E-state index < -0.39 is 5.82 Å². The average Bonchev–Trinajstić information content (AvgIpc) is 3.16. The van der Waals surface area contributed by atoms with Gasteiger partial charge in [0, 0.05) is 24.7 Å². The van der Waals surface area contributed by atoms with Crippen LogP contribution < -0.4 is 5.73 Å². The van der Waals surface area contributed by atoms with Crippen LogP contribution in [-0.4, -0.2) is 30.4 Å². The number of likely N-dealkylation sites (N-methyl/N-ethyl adjacent to an activating group) is 1. The molecule has 0 saturated heterocycles. The van der Waals surface area contributed by atoms with Gasteiger partial charge in [-0.1, -0.05) is 11.6 Å². The lowest BCUT2D eigenvalue weighted by Crippen LogP contribution is -2.43. The second-order valence-corrected chi connectivity index (χ2v) is 5.12. The zero-order valence-electron chi connectivity index (χ0n) is 10.2. The van der Waals surface area contributed by atoms with Gasteiger partial charge < -0.3 is 10.6 Å². The van der Waals surface area contributed by atoms with Crippen LogP contribution in [-0.2, 0) is 0 Å². The fraction of sp³-hybridized carbons (Fsp3) is 0.462. The van der Waals surface area contributed by atoms with Gasteiger partial charge in [-0.3, -0.25) is 4.79 Å². The summed E-state index contributed by atoms with van der Waals surface area (Å²) in [5.74, 6) is -0.466. The van der Waals surface area contributed by atoms with E-state index in [4.69, 9.17) is 17.3 Å². The van der Waals surface area contributed by atoms with Crippen LogP contribution >= 0.6 is 11.6 Å². The molecule has 1 fully saturated rings. The summed E-state index contributed by atoms with van der Waals surface area (Å²) in [5.41, 5.74) is 5.69. The Morgan fingerprint density at radius 2 is 2.28 bits per heavy atom. The normalized spacial score (nSPS) is 16.4. The summed E-state index contributed by atoms with van der Waals surface area (Å²) in [5, 5.41) is 0.351. The van der Waals surface area contributed by atoms with Crippen molar-refractivity contribution < 1.29 is 9.18 Å².